The van der Waals surface area contributed by atoms with Gasteiger partial charge < -0.3 is 40.2 Å². The van der Waals surface area contributed by atoms with Gasteiger partial charge in [-0.25, -0.2) is 0 Å². The van der Waals surface area contributed by atoms with Gasteiger partial charge in [-0.3, -0.25) is 9.59 Å². The Morgan fingerprint density at radius 1 is 0.913 bits per heavy atom. The van der Waals surface area contributed by atoms with Crippen LogP contribution in [0.15, 0.2) is 48.5 Å². The van der Waals surface area contributed by atoms with E-state index in [4.69, 9.17) is 14.2 Å². The third kappa shape index (κ3) is 9.51. The highest BCUT2D eigenvalue weighted by molar-refractivity contribution is 5.97. The molecule has 0 radical (unpaired) electrons. The van der Waals surface area contributed by atoms with Gasteiger partial charge in [0.25, 0.3) is 5.91 Å². The van der Waals surface area contributed by atoms with E-state index in [1.165, 1.54) is 0 Å². The minimum Gasteiger partial charge on any atom is -0.490 e. The Kier molecular flexibility index (Phi) is 13.8. The summed E-state index contributed by atoms with van der Waals surface area (Å²) in [4.78, 5) is 27.4. The molecule has 2 amide bonds. The van der Waals surface area contributed by atoms with Crippen molar-refractivity contribution in [2.24, 2.45) is 17.8 Å². The summed E-state index contributed by atoms with van der Waals surface area (Å²) in [5.74, 6) is -1.53. The monoisotopic (exact) mass is 640 g/mol. The maximum atomic E-state index is 13.7. The Morgan fingerprint density at radius 3 is 2.35 bits per heavy atom. The van der Waals surface area contributed by atoms with Crippen LogP contribution < -0.4 is 15.4 Å². The van der Waals surface area contributed by atoms with Gasteiger partial charge in [-0.2, -0.15) is 0 Å². The maximum Gasteiger partial charge on any atom is 0.255 e. The average Bonchev–Trinajstić information content (AvgIpc) is 3.36. The van der Waals surface area contributed by atoms with E-state index in [1.807, 2.05) is 38.1 Å². The predicted octanol–water partition coefficient (Wildman–Crippen LogP) is 3.57. The van der Waals surface area contributed by atoms with Gasteiger partial charge in [0.15, 0.2) is 0 Å². The molecule has 0 heterocycles. The van der Waals surface area contributed by atoms with Gasteiger partial charge >= 0.3 is 0 Å². The van der Waals surface area contributed by atoms with E-state index in [9.17, 15) is 24.9 Å². The number of nitrogens with one attached hydrogen (secondary N) is 2. The highest BCUT2D eigenvalue weighted by Crippen LogP contribution is 2.33. The number of para-hydroxylation sites is 1. The highest BCUT2D eigenvalue weighted by Gasteiger charge is 2.41. The second kappa shape index (κ2) is 17.8. The van der Waals surface area contributed by atoms with Crippen LogP contribution >= 0.6 is 0 Å². The Morgan fingerprint density at radius 2 is 1.61 bits per heavy atom. The molecule has 0 saturated heterocycles. The third-order valence-electron chi connectivity index (χ3n) is 9.33. The second-order valence-corrected chi connectivity index (χ2v) is 13.0. The number of fused-ring (bicyclic) bond motifs is 1. The van der Waals surface area contributed by atoms with Crippen molar-refractivity contribution in [3.8, 4) is 5.75 Å². The van der Waals surface area contributed by atoms with E-state index < -0.39 is 48.1 Å². The van der Waals surface area contributed by atoms with Crippen LogP contribution in [0.1, 0.15) is 79.9 Å². The third-order valence-corrected chi connectivity index (χ3v) is 9.33. The van der Waals surface area contributed by atoms with Crippen LogP contribution in [-0.4, -0.2) is 85.0 Å². The molecule has 0 aromatic heterocycles. The number of benzene rings is 2. The van der Waals surface area contributed by atoms with Crippen molar-refractivity contribution < 1.29 is 39.1 Å². The molecule has 0 spiro atoms. The van der Waals surface area contributed by atoms with Crippen molar-refractivity contribution in [1.82, 2.24) is 10.6 Å². The first-order valence-corrected chi connectivity index (χ1v) is 16.7. The summed E-state index contributed by atoms with van der Waals surface area (Å²) < 4.78 is 16.3. The minimum absolute atomic E-state index is 0.242. The molecule has 4 rings (SSSR count). The number of carbonyl (C=O) groups excluding carboxylic acids is 2. The molecule has 46 heavy (non-hydrogen) atoms. The quantitative estimate of drug-likeness (QED) is 0.165. The fourth-order valence-electron chi connectivity index (χ4n) is 6.85. The number of carbonyl (C=O) groups is 2. The minimum atomic E-state index is -1.46. The molecule has 0 bridgehead atoms. The van der Waals surface area contributed by atoms with E-state index in [-0.39, 0.29) is 18.4 Å². The summed E-state index contributed by atoms with van der Waals surface area (Å²) in [6.45, 7) is 5.13. The van der Waals surface area contributed by atoms with Gasteiger partial charge in [-0.1, -0.05) is 82.3 Å². The van der Waals surface area contributed by atoms with Gasteiger partial charge in [-0.05, 0) is 41.5 Å². The Hall–Kier alpha value is -3.02. The van der Waals surface area contributed by atoms with Crippen molar-refractivity contribution in [3.05, 3.63) is 65.2 Å². The highest BCUT2D eigenvalue weighted by atomic mass is 16.5. The first kappa shape index (κ1) is 35.8. The van der Waals surface area contributed by atoms with Crippen LogP contribution in [0.2, 0.25) is 0 Å². The number of aliphatic hydroxyl groups excluding tert-OH is 3. The smallest absolute Gasteiger partial charge is 0.255 e. The van der Waals surface area contributed by atoms with E-state index in [0.717, 1.165) is 43.2 Å². The lowest BCUT2D eigenvalue weighted by molar-refractivity contribution is -0.137. The fraction of sp³-hybridized carbons (Fsp3) is 0.611. The molecule has 6 atom stereocenters. The summed E-state index contributed by atoms with van der Waals surface area (Å²) >= 11 is 0. The zero-order valence-electron chi connectivity index (χ0n) is 27.4. The molecule has 10 heteroatoms. The Bertz CT molecular complexity index is 1250. The lowest BCUT2D eigenvalue weighted by Gasteiger charge is -2.36. The van der Waals surface area contributed by atoms with Crippen molar-refractivity contribution in [3.63, 3.8) is 0 Å². The first-order chi connectivity index (χ1) is 22.2. The molecule has 10 nitrogen and oxygen atoms in total. The number of hydrogen-bond donors (Lipinski definition) is 5. The van der Waals surface area contributed by atoms with Crippen LogP contribution in [-0.2, 0) is 20.7 Å². The summed E-state index contributed by atoms with van der Waals surface area (Å²) in [5.41, 5.74) is 2.13. The van der Waals surface area contributed by atoms with Gasteiger partial charge in [-0.15, -0.1) is 0 Å². The summed E-state index contributed by atoms with van der Waals surface area (Å²) in [7, 11) is 1.60. The van der Waals surface area contributed by atoms with E-state index in [1.54, 1.807) is 31.4 Å². The Labute approximate surface area is 272 Å². The van der Waals surface area contributed by atoms with E-state index >= 15 is 0 Å². The van der Waals surface area contributed by atoms with E-state index in [2.05, 4.69) is 10.6 Å². The molecule has 254 valence electrons. The van der Waals surface area contributed by atoms with Crippen molar-refractivity contribution in [2.75, 3.05) is 33.5 Å². The number of hydrogen-bond acceptors (Lipinski definition) is 8. The van der Waals surface area contributed by atoms with Gasteiger partial charge in [0, 0.05) is 13.5 Å². The molecule has 5 N–H and O–H groups in total. The van der Waals surface area contributed by atoms with Crippen LogP contribution in [0, 0.1) is 17.8 Å². The number of methoxy groups -OCH3 is 1. The topological polar surface area (TPSA) is 147 Å². The normalized spacial score (nSPS) is 20.8. The predicted molar refractivity (Wildman–Crippen MR) is 174 cm³/mol. The molecule has 0 aliphatic heterocycles. The fourth-order valence-corrected chi connectivity index (χ4v) is 6.85. The number of aliphatic hydroxyl groups is 3. The second-order valence-electron chi connectivity index (χ2n) is 13.0. The molecule has 2 aliphatic carbocycles. The molecule has 2 aromatic rings. The molecular weight excluding hydrogens is 588 g/mol. The first-order valence-electron chi connectivity index (χ1n) is 16.7. The number of rotatable bonds is 17. The largest absolute Gasteiger partial charge is 0.490 e. The lowest BCUT2D eigenvalue weighted by Crippen LogP contribution is -2.55. The van der Waals surface area contributed by atoms with Gasteiger partial charge in [0.05, 0.1) is 55.6 Å². The summed E-state index contributed by atoms with van der Waals surface area (Å²) in [6.07, 6.45) is 2.52. The SMILES string of the molecule is COCCOCCOc1ccccc1C(=O)N[C@@H](CC1CCCCC1)[C@@H](O)[C@H](O)[C@H](C(=O)N[C@H]1c2ccccc2C[C@H]1O)C(C)C. The molecular formula is C36H52N2O8. The van der Waals surface area contributed by atoms with Gasteiger partial charge in [0.2, 0.25) is 5.91 Å². The van der Waals surface area contributed by atoms with Crippen molar-refractivity contribution in [2.45, 2.75) is 89.2 Å². The summed E-state index contributed by atoms with van der Waals surface area (Å²) in [6, 6.07) is 13.1. The summed E-state index contributed by atoms with van der Waals surface area (Å²) in [5, 5.41) is 40.0. The average molecular weight is 641 g/mol. The number of amides is 2. The standard InChI is InChI=1S/C36H52N2O8/c1-23(2)31(36(43)38-32-26-14-8-7-13-25(26)22-29(32)39)34(41)33(40)28(21-24-11-5-4-6-12-24)37-35(42)27-15-9-10-16-30(27)46-20-19-45-18-17-44-3/h7-10,13-16,23-24,28-29,31-34,39-41H,4-6,11-12,17-22H2,1-3H3,(H,37,42)(H,38,43)/t28-,29+,31+,32-,33+,34+/m0/s1. The molecule has 2 aliphatic rings. The van der Waals surface area contributed by atoms with Crippen molar-refractivity contribution >= 4 is 11.8 Å². The van der Waals surface area contributed by atoms with Crippen LogP contribution in [0.5, 0.6) is 5.75 Å². The van der Waals surface area contributed by atoms with E-state index in [0.29, 0.717) is 44.0 Å². The van der Waals surface area contributed by atoms with Crippen molar-refractivity contribution in [1.29, 1.82) is 0 Å². The molecule has 2 aromatic carbocycles. The zero-order chi connectivity index (χ0) is 33.1. The Balaban J connectivity index is 1.49. The zero-order valence-corrected chi connectivity index (χ0v) is 27.4. The maximum absolute atomic E-state index is 13.7. The van der Waals surface area contributed by atoms with Crippen LogP contribution in [0.3, 0.4) is 0 Å². The van der Waals surface area contributed by atoms with Crippen LogP contribution in [0.4, 0.5) is 0 Å². The molecule has 1 saturated carbocycles. The molecule has 0 unspecified atom stereocenters. The lowest BCUT2D eigenvalue weighted by atomic mass is 9.79. The number of ether oxygens (including phenoxy) is 3. The molecule has 1 fully saturated rings. The van der Waals surface area contributed by atoms with Gasteiger partial charge in [0.1, 0.15) is 18.5 Å². The van der Waals surface area contributed by atoms with Crippen LogP contribution in [0.25, 0.3) is 0 Å².